The third-order valence-electron chi connectivity index (χ3n) is 4.91. The Bertz CT molecular complexity index is 1220. The van der Waals surface area contributed by atoms with Crippen molar-refractivity contribution < 1.29 is 39.5 Å². The van der Waals surface area contributed by atoms with Gasteiger partial charge in [-0.3, -0.25) is 0 Å². The van der Waals surface area contributed by atoms with Crippen molar-refractivity contribution in [1.82, 2.24) is 8.61 Å². The number of rotatable bonds is 5. The van der Waals surface area contributed by atoms with E-state index in [-0.39, 0.29) is 36.6 Å². The van der Waals surface area contributed by atoms with E-state index in [1.54, 1.807) is 0 Å². The van der Waals surface area contributed by atoms with Crippen LogP contribution in [0.2, 0.25) is 0 Å². The summed E-state index contributed by atoms with van der Waals surface area (Å²) in [5, 5.41) is 0. The molecule has 13 heteroatoms. The first kappa shape index (κ1) is 24.2. The van der Waals surface area contributed by atoms with Gasteiger partial charge >= 0.3 is 12.1 Å². The molecule has 32 heavy (non-hydrogen) atoms. The van der Waals surface area contributed by atoms with E-state index in [4.69, 9.17) is 0 Å². The number of esters is 1. The monoisotopic (exact) mass is 492 g/mol. The predicted molar refractivity (Wildman–Crippen MR) is 107 cm³/mol. The number of hydrogen-bond donors (Lipinski definition) is 0. The Morgan fingerprint density at radius 1 is 0.875 bits per heavy atom. The zero-order valence-corrected chi connectivity index (χ0v) is 18.4. The van der Waals surface area contributed by atoms with E-state index in [1.165, 1.54) is 24.3 Å². The molecule has 0 bridgehead atoms. The molecule has 3 rings (SSSR count). The topological polar surface area (TPSA) is 101 Å². The molecule has 174 valence electrons. The largest absolute Gasteiger partial charge is 0.465 e. The number of ether oxygens (including phenoxy) is 1. The lowest BCUT2D eigenvalue weighted by molar-refractivity contribution is -0.137. The van der Waals surface area contributed by atoms with Crippen molar-refractivity contribution in [1.29, 1.82) is 0 Å². The van der Waals surface area contributed by atoms with Gasteiger partial charge in [-0.05, 0) is 30.3 Å². The molecular weight excluding hydrogens is 473 g/mol. The minimum Gasteiger partial charge on any atom is -0.465 e. The highest BCUT2D eigenvalue weighted by atomic mass is 32.2. The van der Waals surface area contributed by atoms with Gasteiger partial charge in [-0.15, -0.1) is 0 Å². The molecule has 0 radical (unpaired) electrons. The van der Waals surface area contributed by atoms with Crippen molar-refractivity contribution in [3.05, 3.63) is 59.7 Å². The average Bonchev–Trinajstić information content (AvgIpc) is 2.78. The molecule has 0 saturated carbocycles. The fourth-order valence-electron chi connectivity index (χ4n) is 3.24. The zero-order valence-electron chi connectivity index (χ0n) is 16.7. The molecule has 0 unspecified atom stereocenters. The molecule has 1 aliphatic rings. The van der Waals surface area contributed by atoms with Crippen LogP contribution in [-0.2, 0) is 31.0 Å². The number of benzene rings is 2. The lowest BCUT2D eigenvalue weighted by Gasteiger charge is -2.33. The minimum absolute atomic E-state index is 0.158. The third-order valence-corrected chi connectivity index (χ3v) is 8.76. The summed E-state index contributed by atoms with van der Waals surface area (Å²) in [7, 11) is -7.30. The molecule has 2 aromatic carbocycles. The third kappa shape index (κ3) is 4.65. The molecule has 0 atom stereocenters. The maximum Gasteiger partial charge on any atom is 0.416 e. The average molecular weight is 492 g/mol. The highest BCUT2D eigenvalue weighted by molar-refractivity contribution is 7.89. The second kappa shape index (κ2) is 8.81. The first-order valence-corrected chi connectivity index (χ1v) is 12.1. The van der Waals surface area contributed by atoms with Crippen LogP contribution >= 0.6 is 0 Å². The Morgan fingerprint density at radius 2 is 1.44 bits per heavy atom. The molecule has 2 aromatic rings. The van der Waals surface area contributed by atoms with E-state index in [1.807, 2.05) is 0 Å². The number of nitrogens with zero attached hydrogens (tertiary/aromatic N) is 2. The van der Waals surface area contributed by atoms with E-state index in [0.717, 1.165) is 33.9 Å². The highest BCUT2D eigenvalue weighted by Crippen LogP contribution is 2.31. The van der Waals surface area contributed by atoms with Crippen molar-refractivity contribution >= 4 is 26.0 Å². The van der Waals surface area contributed by atoms with Gasteiger partial charge in [-0.25, -0.2) is 21.6 Å². The van der Waals surface area contributed by atoms with Crippen molar-refractivity contribution in [2.45, 2.75) is 16.0 Å². The first-order valence-electron chi connectivity index (χ1n) is 9.24. The second-order valence-electron chi connectivity index (χ2n) is 6.82. The van der Waals surface area contributed by atoms with Crippen LogP contribution in [0.25, 0.3) is 0 Å². The molecule has 8 nitrogen and oxygen atoms in total. The van der Waals surface area contributed by atoms with Gasteiger partial charge in [-0.2, -0.15) is 21.8 Å². The molecule has 0 N–H and O–H groups in total. The molecule has 1 fully saturated rings. The number of alkyl halides is 3. The second-order valence-corrected chi connectivity index (χ2v) is 10.7. The quantitative estimate of drug-likeness (QED) is 0.593. The fraction of sp³-hybridized carbons (Fsp3) is 0.316. The molecular formula is C19H19F3N2O6S2. The van der Waals surface area contributed by atoms with E-state index < -0.39 is 42.7 Å². The Balaban J connectivity index is 1.82. The molecule has 0 aromatic heterocycles. The van der Waals surface area contributed by atoms with Gasteiger partial charge < -0.3 is 4.74 Å². The zero-order chi connectivity index (χ0) is 23.7. The molecule has 1 saturated heterocycles. The standard InChI is InChI=1S/C19H19F3N2O6S2/c1-30-18(25)16-7-2-3-8-17(16)32(28,29)24-11-9-23(10-12-24)31(26,27)15-6-4-5-14(13-15)19(20,21)22/h2-8,13H,9-12H2,1H3. The summed E-state index contributed by atoms with van der Waals surface area (Å²) in [6, 6.07) is 8.83. The summed E-state index contributed by atoms with van der Waals surface area (Å²) in [6.45, 7) is -1.01. The van der Waals surface area contributed by atoms with Gasteiger partial charge in [0.25, 0.3) is 0 Å². The molecule has 0 aliphatic carbocycles. The van der Waals surface area contributed by atoms with Gasteiger partial charge in [0, 0.05) is 26.2 Å². The van der Waals surface area contributed by atoms with Gasteiger partial charge in [-0.1, -0.05) is 18.2 Å². The van der Waals surface area contributed by atoms with Crippen LogP contribution in [-0.4, -0.2) is 64.7 Å². The van der Waals surface area contributed by atoms with Crippen molar-refractivity contribution in [3.8, 4) is 0 Å². The van der Waals surface area contributed by atoms with Crippen molar-refractivity contribution in [2.75, 3.05) is 33.3 Å². The lowest BCUT2D eigenvalue weighted by Crippen LogP contribution is -2.50. The molecule has 1 heterocycles. The number of piperazine rings is 1. The van der Waals surface area contributed by atoms with Gasteiger partial charge in [0.1, 0.15) is 0 Å². The van der Waals surface area contributed by atoms with Crippen LogP contribution < -0.4 is 0 Å². The Labute approximate surface area is 183 Å². The summed E-state index contributed by atoms with van der Waals surface area (Å²) < 4.78 is 97.1. The summed E-state index contributed by atoms with van der Waals surface area (Å²) in [5.41, 5.74) is -1.26. The number of hydrogen-bond acceptors (Lipinski definition) is 6. The number of methoxy groups -OCH3 is 1. The Kier molecular flexibility index (Phi) is 6.65. The maximum absolute atomic E-state index is 13.0. The number of carbonyl (C=O) groups excluding carboxylic acids is 1. The SMILES string of the molecule is COC(=O)c1ccccc1S(=O)(=O)N1CCN(S(=O)(=O)c2cccc(C(F)(F)F)c2)CC1. The van der Waals surface area contributed by atoms with E-state index in [2.05, 4.69) is 4.74 Å². The Hall–Kier alpha value is -2.48. The van der Waals surface area contributed by atoms with Crippen LogP contribution in [0.15, 0.2) is 58.3 Å². The summed E-state index contributed by atoms with van der Waals surface area (Å²) in [4.78, 5) is 11.1. The van der Waals surface area contributed by atoms with Crippen LogP contribution in [0.5, 0.6) is 0 Å². The normalized spacial score (nSPS) is 16.6. The van der Waals surface area contributed by atoms with Crippen molar-refractivity contribution in [3.63, 3.8) is 0 Å². The smallest absolute Gasteiger partial charge is 0.416 e. The number of carbonyl (C=O) groups is 1. The Morgan fingerprint density at radius 3 is 2.00 bits per heavy atom. The van der Waals surface area contributed by atoms with Crippen molar-refractivity contribution in [2.24, 2.45) is 0 Å². The van der Waals surface area contributed by atoms with E-state index in [0.29, 0.717) is 6.07 Å². The minimum atomic E-state index is -4.70. The molecule has 0 amide bonds. The number of halogens is 3. The van der Waals surface area contributed by atoms with Gasteiger partial charge in [0.2, 0.25) is 20.0 Å². The summed E-state index contributed by atoms with van der Waals surface area (Å²) in [6.07, 6.45) is -4.70. The van der Waals surface area contributed by atoms with Gasteiger partial charge in [0.15, 0.2) is 0 Å². The van der Waals surface area contributed by atoms with E-state index >= 15 is 0 Å². The van der Waals surface area contributed by atoms with E-state index in [9.17, 15) is 34.8 Å². The van der Waals surface area contributed by atoms with Gasteiger partial charge in [0.05, 0.1) is 28.0 Å². The fourth-order valence-corrected chi connectivity index (χ4v) is 6.31. The maximum atomic E-state index is 13.0. The van der Waals surface area contributed by atoms with Crippen LogP contribution in [0.1, 0.15) is 15.9 Å². The molecule has 0 spiro atoms. The highest BCUT2D eigenvalue weighted by Gasteiger charge is 2.37. The molecule has 1 aliphatic heterocycles. The lowest BCUT2D eigenvalue weighted by atomic mass is 10.2. The predicted octanol–water partition coefficient (Wildman–Crippen LogP) is 2.19. The van der Waals surface area contributed by atoms with Crippen LogP contribution in [0, 0.1) is 0 Å². The summed E-state index contributed by atoms with van der Waals surface area (Å²) in [5.74, 6) is -0.838. The van der Waals surface area contributed by atoms with Crippen LogP contribution in [0.4, 0.5) is 13.2 Å². The summed E-state index contributed by atoms with van der Waals surface area (Å²) >= 11 is 0. The first-order chi connectivity index (χ1) is 14.9. The number of sulfonamides is 2. The van der Waals surface area contributed by atoms with Crippen LogP contribution in [0.3, 0.4) is 0 Å².